The van der Waals surface area contributed by atoms with E-state index >= 15 is 0 Å². The van der Waals surface area contributed by atoms with Gasteiger partial charge in [0.1, 0.15) is 5.75 Å². The fourth-order valence-electron chi connectivity index (χ4n) is 2.46. The molecule has 6 heteroatoms. The molecule has 1 N–H and O–H groups in total. The lowest BCUT2D eigenvalue weighted by atomic mass is 10.1. The van der Waals surface area contributed by atoms with Gasteiger partial charge in [0.2, 0.25) is 5.91 Å². The summed E-state index contributed by atoms with van der Waals surface area (Å²) in [4.78, 5) is 13.4. The first-order valence-corrected chi connectivity index (χ1v) is 9.77. The minimum atomic E-state index is -0.0418. The van der Waals surface area contributed by atoms with Gasteiger partial charge in [0, 0.05) is 27.6 Å². The van der Waals surface area contributed by atoms with Crippen LogP contribution in [0, 0.1) is 0 Å². The monoisotopic (exact) mass is 405 g/mol. The topological polar surface area (TPSA) is 38.3 Å². The van der Waals surface area contributed by atoms with Crippen molar-refractivity contribution in [3.05, 3.63) is 70.0 Å². The normalized spacial score (nSPS) is 10.5. The molecular formula is C20H17Cl2NO2S. The van der Waals surface area contributed by atoms with Crippen molar-refractivity contribution >= 4 is 46.1 Å². The minimum absolute atomic E-state index is 0.0418. The Morgan fingerprint density at radius 2 is 1.92 bits per heavy atom. The van der Waals surface area contributed by atoms with Gasteiger partial charge >= 0.3 is 0 Å². The second kappa shape index (κ2) is 9.08. The van der Waals surface area contributed by atoms with Gasteiger partial charge in [-0.05, 0) is 42.1 Å². The highest BCUT2D eigenvalue weighted by Crippen LogP contribution is 2.31. The van der Waals surface area contributed by atoms with Crippen LogP contribution in [0.4, 0.5) is 5.69 Å². The largest absolute Gasteiger partial charge is 0.492 e. The Morgan fingerprint density at radius 3 is 2.69 bits per heavy atom. The van der Waals surface area contributed by atoms with Crippen LogP contribution in [0.2, 0.25) is 10.0 Å². The van der Waals surface area contributed by atoms with Gasteiger partial charge in [-0.3, -0.25) is 4.79 Å². The summed E-state index contributed by atoms with van der Waals surface area (Å²) in [5.74, 6) is 0.527. The molecule has 0 saturated carbocycles. The predicted molar refractivity (Wildman–Crippen MR) is 110 cm³/mol. The summed E-state index contributed by atoms with van der Waals surface area (Å²) in [6.45, 7) is 0.404. The van der Waals surface area contributed by atoms with Gasteiger partial charge in [-0.1, -0.05) is 47.5 Å². The third-order valence-electron chi connectivity index (χ3n) is 3.69. The highest BCUT2D eigenvalue weighted by molar-refractivity contribution is 7.13. The number of hydrogen-bond donors (Lipinski definition) is 1. The van der Waals surface area contributed by atoms with Crippen LogP contribution in [0.5, 0.6) is 5.75 Å². The first-order chi connectivity index (χ1) is 12.6. The molecule has 26 heavy (non-hydrogen) atoms. The number of hydrogen-bond acceptors (Lipinski definition) is 3. The number of nitrogens with one attached hydrogen (secondary N) is 1. The molecule has 0 bridgehead atoms. The molecule has 0 radical (unpaired) electrons. The van der Waals surface area contributed by atoms with E-state index in [0.717, 1.165) is 16.1 Å². The summed E-state index contributed by atoms with van der Waals surface area (Å²) >= 11 is 13.6. The lowest BCUT2D eigenvalue weighted by Crippen LogP contribution is -2.13. The molecule has 0 saturated heterocycles. The molecule has 1 amide bonds. The maximum absolute atomic E-state index is 12.3. The van der Waals surface area contributed by atoms with Crippen molar-refractivity contribution in [2.45, 2.75) is 12.8 Å². The average Bonchev–Trinajstić information content (AvgIpc) is 3.15. The number of rotatable bonds is 7. The number of para-hydroxylation sites is 1. The Kier molecular flexibility index (Phi) is 6.56. The lowest BCUT2D eigenvalue weighted by molar-refractivity contribution is -0.116. The molecule has 1 heterocycles. The summed E-state index contributed by atoms with van der Waals surface area (Å²) < 4.78 is 5.61. The fourth-order valence-corrected chi connectivity index (χ4v) is 3.69. The van der Waals surface area contributed by atoms with Gasteiger partial charge in [0.15, 0.2) is 0 Å². The molecule has 0 aliphatic heterocycles. The number of carbonyl (C=O) groups is 1. The molecule has 0 spiro atoms. The lowest BCUT2D eigenvalue weighted by Gasteiger charge is -2.11. The molecule has 3 rings (SSSR count). The predicted octanol–water partition coefficient (Wildman–Crippen LogP) is 6.52. The molecule has 0 unspecified atom stereocenters. The second-order valence-corrected chi connectivity index (χ2v) is 7.39. The summed E-state index contributed by atoms with van der Waals surface area (Å²) in [7, 11) is 0. The number of carbonyl (C=O) groups excluding carboxylic acids is 1. The number of halogens is 2. The van der Waals surface area contributed by atoms with E-state index in [2.05, 4.69) is 5.32 Å². The van der Waals surface area contributed by atoms with E-state index in [1.165, 1.54) is 0 Å². The second-order valence-electron chi connectivity index (χ2n) is 5.60. The molecule has 134 valence electrons. The van der Waals surface area contributed by atoms with Gasteiger partial charge < -0.3 is 10.1 Å². The van der Waals surface area contributed by atoms with Crippen LogP contribution in [0.15, 0.2) is 60.0 Å². The highest BCUT2D eigenvalue weighted by Gasteiger charge is 2.09. The maximum atomic E-state index is 12.3. The molecule has 0 fully saturated rings. The van der Waals surface area contributed by atoms with Crippen LogP contribution in [0.3, 0.4) is 0 Å². The number of ether oxygens (including phenoxy) is 1. The Hall–Kier alpha value is -2.01. The molecule has 1 aromatic heterocycles. The zero-order valence-corrected chi connectivity index (χ0v) is 16.2. The van der Waals surface area contributed by atoms with Crippen molar-refractivity contribution < 1.29 is 9.53 Å². The van der Waals surface area contributed by atoms with Gasteiger partial charge in [0.25, 0.3) is 0 Å². The maximum Gasteiger partial charge on any atom is 0.224 e. The van der Waals surface area contributed by atoms with Gasteiger partial charge in [-0.2, -0.15) is 0 Å². The smallest absolute Gasteiger partial charge is 0.224 e. The highest BCUT2D eigenvalue weighted by atomic mass is 35.5. The molecular weight excluding hydrogens is 389 g/mol. The van der Waals surface area contributed by atoms with E-state index in [9.17, 15) is 4.79 Å². The van der Waals surface area contributed by atoms with Crippen molar-refractivity contribution in [3.8, 4) is 16.2 Å². The average molecular weight is 406 g/mol. The molecule has 2 aromatic carbocycles. The van der Waals surface area contributed by atoms with E-state index in [4.69, 9.17) is 27.9 Å². The van der Waals surface area contributed by atoms with Crippen LogP contribution >= 0.6 is 34.5 Å². The van der Waals surface area contributed by atoms with E-state index in [0.29, 0.717) is 35.2 Å². The van der Waals surface area contributed by atoms with Crippen molar-refractivity contribution in [2.75, 3.05) is 11.9 Å². The standard InChI is InChI=1S/C20H17Cl2NO2S/c21-14-9-10-18(16(22)13-14)25-11-3-8-20(24)23-17-6-2-1-5-15(17)19-7-4-12-26-19/h1-2,4-7,9-10,12-13H,3,8,11H2,(H,23,24). The van der Waals surface area contributed by atoms with Crippen LogP contribution in [0.1, 0.15) is 12.8 Å². The van der Waals surface area contributed by atoms with Crippen LogP contribution in [0.25, 0.3) is 10.4 Å². The Labute approximate surface area is 166 Å². The van der Waals surface area contributed by atoms with Gasteiger partial charge in [0.05, 0.1) is 11.6 Å². The zero-order chi connectivity index (χ0) is 18.4. The molecule has 0 aliphatic rings. The van der Waals surface area contributed by atoms with Crippen molar-refractivity contribution in [3.63, 3.8) is 0 Å². The summed E-state index contributed by atoms with van der Waals surface area (Å²) in [5, 5.41) is 6.03. The van der Waals surface area contributed by atoms with E-state index in [-0.39, 0.29) is 5.91 Å². The third kappa shape index (κ3) is 5.01. The van der Waals surface area contributed by atoms with E-state index in [1.807, 2.05) is 41.8 Å². The van der Waals surface area contributed by atoms with Crippen LogP contribution in [-0.4, -0.2) is 12.5 Å². The Morgan fingerprint density at radius 1 is 1.08 bits per heavy atom. The van der Waals surface area contributed by atoms with Crippen LogP contribution < -0.4 is 10.1 Å². The van der Waals surface area contributed by atoms with Crippen molar-refractivity contribution in [1.29, 1.82) is 0 Å². The summed E-state index contributed by atoms with van der Waals surface area (Å²) in [5.41, 5.74) is 1.85. The summed E-state index contributed by atoms with van der Waals surface area (Å²) in [6, 6.07) is 16.9. The van der Waals surface area contributed by atoms with Crippen molar-refractivity contribution in [1.82, 2.24) is 0 Å². The number of amides is 1. The van der Waals surface area contributed by atoms with E-state index in [1.54, 1.807) is 29.5 Å². The Balaban J connectivity index is 1.51. The quantitative estimate of drug-likeness (QED) is 0.454. The number of benzene rings is 2. The zero-order valence-electron chi connectivity index (χ0n) is 13.9. The third-order valence-corrected chi connectivity index (χ3v) is 5.12. The summed E-state index contributed by atoms with van der Waals surface area (Å²) in [6.07, 6.45) is 0.954. The van der Waals surface area contributed by atoms with Crippen molar-refractivity contribution in [2.24, 2.45) is 0 Å². The number of anilines is 1. The Bertz CT molecular complexity index is 881. The van der Waals surface area contributed by atoms with E-state index < -0.39 is 0 Å². The minimum Gasteiger partial charge on any atom is -0.492 e. The fraction of sp³-hybridized carbons (Fsp3) is 0.150. The number of thiophene rings is 1. The van der Waals surface area contributed by atoms with Crippen LogP contribution in [-0.2, 0) is 4.79 Å². The SMILES string of the molecule is O=C(CCCOc1ccc(Cl)cc1Cl)Nc1ccccc1-c1cccs1. The molecule has 3 aromatic rings. The van der Waals surface area contributed by atoms with Gasteiger partial charge in [-0.15, -0.1) is 11.3 Å². The molecule has 3 nitrogen and oxygen atoms in total. The first kappa shape index (κ1) is 18.8. The van der Waals surface area contributed by atoms with Gasteiger partial charge in [-0.25, -0.2) is 0 Å². The molecule has 0 atom stereocenters. The molecule has 0 aliphatic carbocycles. The first-order valence-electron chi connectivity index (χ1n) is 8.14.